The van der Waals surface area contributed by atoms with Crippen molar-refractivity contribution in [3.63, 3.8) is 0 Å². The molecule has 0 amide bonds. The Bertz CT molecular complexity index is 321. The van der Waals surface area contributed by atoms with Crippen molar-refractivity contribution in [2.24, 2.45) is 0 Å². The Labute approximate surface area is 89.5 Å². The van der Waals surface area contributed by atoms with Crippen LogP contribution in [0.1, 0.15) is 19.4 Å². The van der Waals surface area contributed by atoms with Crippen LogP contribution in [0.15, 0.2) is 18.2 Å². The fourth-order valence-corrected chi connectivity index (χ4v) is 1.59. The van der Waals surface area contributed by atoms with Crippen molar-refractivity contribution in [2.75, 3.05) is 13.7 Å². The SMILES string of the molecule is COc1c(Cl)cccc1C(C)(C)CO. The van der Waals surface area contributed by atoms with Gasteiger partial charge in [-0.05, 0) is 6.07 Å². The second kappa shape index (κ2) is 4.20. The summed E-state index contributed by atoms with van der Waals surface area (Å²) in [5, 5.41) is 9.84. The van der Waals surface area contributed by atoms with E-state index in [1.807, 2.05) is 26.0 Å². The van der Waals surface area contributed by atoms with Crippen LogP contribution in [0.5, 0.6) is 5.75 Å². The molecule has 0 bridgehead atoms. The van der Waals surface area contributed by atoms with Gasteiger partial charge in [-0.2, -0.15) is 0 Å². The summed E-state index contributed by atoms with van der Waals surface area (Å²) < 4.78 is 5.22. The molecule has 14 heavy (non-hydrogen) atoms. The molecule has 0 radical (unpaired) electrons. The van der Waals surface area contributed by atoms with Crippen LogP contribution in [0.2, 0.25) is 5.02 Å². The van der Waals surface area contributed by atoms with Crippen molar-refractivity contribution in [3.05, 3.63) is 28.8 Å². The Balaban J connectivity index is 3.27. The van der Waals surface area contributed by atoms with Crippen molar-refractivity contribution >= 4 is 11.6 Å². The number of hydrogen-bond acceptors (Lipinski definition) is 2. The van der Waals surface area contributed by atoms with E-state index in [2.05, 4.69) is 0 Å². The summed E-state index contributed by atoms with van der Waals surface area (Å²) >= 11 is 5.99. The van der Waals surface area contributed by atoms with Crippen LogP contribution in [-0.2, 0) is 5.41 Å². The molecule has 0 fully saturated rings. The third-order valence-electron chi connectivity index (χ3n) is 2.30. The number of para-hydroxylation sites is 1. The molecular formula is C11H15ClO2. The first kappa shape index (κ1) is 11.3. The van der Waals surface area contributed by atoms with Crippen molar-refractivity contribution < 1.29 is 9.84 Å². The molecule has 1 rings (SSSR count). The highest BCUT2D eigenvalue weighted by atomic mass is 35.5. The molecule has 0 atom stereocenters. The van der Waals surface area contributed by atoms with Gasteiger partial charge in [-0.1, -0.05) is 37.6 Å². The predicted molar refractivity (Wildman–Crippen MR) is 58.1 cm³/mol. The van der Waals surface area contributed by atoms with Gasteiger partial charge >= 0.3 is 0 Å². The number of hydrogen-bond donors (Lipinski definition) is 1. The number of ether oxygens (including phenoxy) is 1. The van der Waals surface area contributed by atoms with Gasteiger partial charge in [-0.25, -0.2) is 0 Å². The van der Waals surface area contributed by atoms with Gasteiger partial charge in [0.15, 0.2) is 0 Å². The van der Waals surface area contributed by atoms with Crippen molar-refractivity contribution in [2.45, 2.75) is 19.3 Å². The van der Waals surface area contributed by atoms with Crippen LogP contribution in [0.25, 0.3) is 0 Å². The molecule has 1 N–H and O–H groups in total. The predicted octanol–water partition coefficient (Wildman–Crippen LogP) is 2.62. The van der Waals surface area contributed by atoms with Crippen LogP contribution in [0.3, 0.4) is 0 Å². The Hall–Kier alpha value is -0.730. The minimum absolute atomic E-state index is 0.0592. The topological polar surface area (TPSA) is 29.5 Å². The van der Waals surface area contributed by atoms with E-state index in [1.54, 1.807) is 13.2 Å². The molecule has 0 saturated heterocycles. The fraction of sp³-hybridized carbons (Fsp3) is 0.455. The maximum atomic E-state index is 9.26. The largest absolute Gasteiger partial charge is 0.495 e. The monoisotopic (exact) mass is 214 g/mol. The van der Waals surface area contributed by atoms with Gasteiger partial charge in [-0.3, -0.25) is 0 Å². The average molecular weight is 215 g/mol. The highest BCUT2D eigenvalue weighted by Crippen LogP contribution is 2.36. The second-order valence-corrected chi connectivity index (χ2v) is 4.27. The molecule has 0 unspecified atom stereocenters. The molecule has 1 aromatic carbocycles. The van der Waals surface area contributed by atoms with Gasteiger partial charge in [0.1, 0.15) is 5.75 Å². The summed E-state index contributed by atoms with van der Waals surface area (Å²) in [6.07, 6.45) is 0. The molecule has 3 heteroatoms. The Morgan fingerprint density at radius 1 is 1.43 bits per heavy atom. The molecule has 0 aromatic heterocycles. The zero-order chi connectivity index (χ0) is 10.8. The normalized spacial score (nSPS) is 11.5. The summed E-state index contributed by atoms with van der Waals surface area (Å²) in [6.45, 7) is 3.95. The first-order chi connectivity index (χ1) is 6.53. The van der Waals surface area contributed by atoms with E-state index in [1.165, 1.54) is 0 Å². The minimum Gasteiger partial charge on any atom is -0.495 e. The standard InChI is InChI=1S/C11H15ClO2/c1-11(2,7-13)8-5-4-6-9(12)10(8)14-3/h4-6,13H,7H2,1-3H3. The lowest BCUT2D eigenvalue weighted by atomic mass is 9.85. The van der Waals surface area contributed by atoms with Crippen LogP contribution in [0.4, 0.5) is 0 Å². The first-order valence-corrected chi connectivity index (χ1v) is 4.84. The van der Waals surface area contributed by atoms with Crippen LogP contribution in [-0.4, -0.2) is 18.8 Å². The Kier molecular flexibility index (Phi) is 3.40. The fourth-order valence-electron chi connectivity index (χ4n) is 1.33. The number of aliphatic hydroxyl groups is 1. The van der Waals surface area contributed by atoms with E-state index in [0.717, 1.165) is 5.56 Å². The summed E-state index contributed by atoms with van der Waals surface area (Å²) in [5.41, 5.74) is 0.589. The number of methoxy groups -OCH3 is 1. The zero-order valence-electron chi connectivity index (χ0n) is 8.67. The van der Waals surface area contributed by atoms with Gasteiger partial charge in [0.05, 0.1) is 18.7 Å². The van der Waals surface area contributed by atoms with Crippen LogP contribution in [0, 0.1) is 0 Å². The summed E-state index contributed by atoms with van der Waals surface area (Å²) in [5.74, 6) is 0.646. The maximum Gasteiger partial charge on any atom is 0.141 e. The molecule has 0 saturated carbocycles. The first-order valence-electron chi connectivity index (χ1n) is 4.47. The smallest absolute Gasteiger partial charge is 0.141 e. The van der Waals surface area contributed by atoms with E-state index >= 15 is 0 Å². The van der Waals surface area contributed by atoms with Crippen LogP contribution >= 0.6 is 11.6 Å². The third-order valence-corrected chi connectivity index (χ3v) is 2.59. The molecule has 0 heterocycles. The maximum absolute atomic E-state index is 9.26. The zero-order valence-corrected chi connectivity index (χ0v) is 9.43. The molecule has 2 nitrogen and oxygen atoms in total. The molecule has 0 aliphatic carbocycles. The van der Waals surface area contributed by atoms with E-state index < -0.39 is 0 Å². The van der Waals surface area contributed by atoms with E-state index in [0.29, 0.717) is 10.8 Å². The average Bonchev–Trinajstić information content (AvgIpc) is 2.17. The Morgan fingerprint density at radius 3 is 2.57 bits per heavy atom. The number of aliphatic hydroxyl groups excluding tert-OH is 1. The molecule has 78 valence electrons. The van der Waals surface area contributed by atoms with Crippen molar-refractivity contribution in [1.82, 2.24) is 0 Å². The molecule has 0 aliphatic heterocycles. The van der Waals surface area contributed by atoms with Crippen molar-refractivity contribution in [1.29, 1.82) is 0 Å². The second-order valence-electron chi connectivity index (χ2n) is 3.86. The lowest BCUT2D eigenvalue weighted by Crippen LogP contribution is -2.22. The van der Waals surface area contributed by atoms with Gasteiger partial charge in [0, 0.05) is 11.0 Å². The van der Waals surface area contributed by atoms with E-state index in [9.17, 15) is 5.11 Å². The van der Waals surface area contributed by atoms with E-state index in [4.69, 9.17) is 16.3 Å². The number of rotatable bonds is 3. The lowest BCUT2D eigenvalue weighted by Gasteiger charge is -2.24. The van der Waals surface area contributed by atoms with Gasteiger partial charge in [0.2, 0.25) is 0 Å². The highest BCUT2D eigenvalue weighted by Gasteiger charge is 2.24. The quantitative estimate of drug-likeness (QED) is 0.838. The molecular weight excluding hydrogens is 200 g/mol. The third kappa shape index (κ3) is 2.02. The van der Waals surface area contributed by atoms with Crippen molar-refractivity contribution in [3.8, 4) is 5.75 Å². The summed E-state index contributed by atoms with van der Waals surface area (Å²) in [4.78, 5) is 0. The molecule has 0 aliphatic rings. The van der Waals surface area contributed by atoms with Gasteiger partial charge < -0.3 is 9.84 Å². The van der Waals surface area contributed by atoms with Crippen LogP contribution < -0.4 is 4.74 Å². The summed E-state index contributed by atoms with van der Waals surface area (Å²) in [6, 6.07) is 5.55. The molecule has 1 aromatic rings. The lowest BCUT2D eigenvalue weighted by molar-refractivity contribution is 0.215. The van der Waals surface area contributed by atoms with Gasteiger partial charge in [-0.15, -0.1) is 0 Å². The van der Waals surface area contributed by atoms with Gasteiger partial charge in [0.25, 0.3) is 0 Å². The Morgan fingerprint density at radius 2 is 2.07 bits per heavy atom. The summed E-state index contributed by atoms with van der Waals surface area (Å²) in [7, 11) is 1.58. The minimum atomic E-state index is -0.337. The highest BCUT2D eigenvalue weighted by molar-refractivity contribution is 6.32. The van der Waals surface area contributed by atoms with E-state index in [-0.39, 0.29) is 12.0 Å². The molecule has 0 spiro atoms. The number of halogens is 1. The number of benzene rings is 1.